The Balaban J connectivity index is 3.04. The van der Waals surface area contributed by atoms with Crippen LogP contribution in [0.15, 0.2) is 12.3 Å². The number of halogens is 1. The molecule has 0 unspecified atom stereocenters. The number of aromatic nitrogens is 1. The molecular formula is C9H10BrN3OS. The Labute approximate surface area is 100 Å². The Hall–Kier alpha value is -0.880. The van der Waals surface area contributed by atoms with Gasteiger partial charge in [-0.3, -0.25) is 15.2 Å². The first kappa shape index (κ1) is 12.2. The third-order valence-electron chi connectivity index (χ3n) is 1.69. The van der Waals surface area contributed by atoms with E-state index in [1.165, 1.54) is 6.20 Å². The molecule has 0 fully saturated rings. The SMILES string of the molecule is CSCNc1cc(C=O)ncc1C(=N)Br. The first-order chi connectivity index (χ1) is 7.19. The lowest BCUT2D eigenvalue weighted by atomic mass is 10.2. The van der Waals surface area contributed by atoms with E-state index in [-0.39, 0.29) is 4.62 Å². The highest BCUT2D eigenvalue weighted by Gasteiger charge is 2.07. The molecule has 2 N–H and O–H groups in total. The summed E-state index contributed by atoms with van der Waals surface area (Å²) in [5, 5.41) is 10.6. The molecule has 0 aliphatic heterocycles. The minimum Gasteiger partial charge on any atom is -0.375 e. The van der Waals surface area contributed by atoms with Gasteiger partial charge in [-0.2, -0.15) is 0 Å². The molecule has 1 heterocycles. The number of carbonyl (C=O) groups is 1. The highest BCUT2D eigenvalue weighted by Crippen LogP contribution is 2.18. The van der Waals surface area contributed by atoms with Crippen LogP contribution in [0.3, 0.4) is 0 Å². The van der Waals surface area contributed by atoms with Crippen LogP contribution in [0, 0.1) is 5.41 Å². The molecule has 0 aromatic carbocycles. The minimum atomic E-state index is 0.246. The van der Waals surface area contributed by atoms with Crippen molar-refractivity contribution >= 4 is 44.3 Å². The predicted molar refractivity (Wildman–Crippen MR) is 67.4 cm³/mol. The minimum absolute atomic E-state index is 0.246. The molecule has 15 heavy (non-hydrogen) atoms. The second kappa shape index (κ2) is 5.87. The molecule has 0 aliphatic rings. The van der Waals surface area contributed by atoms with Gasteiger partial charge in [0.25, 0.3) is 0 Å². The predicted octanol–water partition coefficient (Wildman–Crippen LogP) is 2.35. The number of nitrogens with zero attached hydrogens (tertiary/aromatic N) is 1. The lowest BCUT2D eigenvalue weighted by Gasteiger charge is -2.09. The summed E-state index contributed by atoms with van der Waals surface area (Å²) in [6.07, 6.45) is 4.16. The Morgan fingerprint density at radius 2 is 2.53 bits per heavy atom. The number of anilines is 1. The first-order valence-electron chi connectivity index (χ1n) is 4.11. The van der Waals surface area contributed by atoms with Crippen LogP contribution in [0.5, 0.6) is 0 Å². The van der Waals surface area contributed by atoms with E-state index in [0.717, 1.165) is 11.6 Å². The summed E-state index contributed by atoms with van der Waals surface area (Å²) < 4.78 is 0.246. The van der Waals surface area contributed by atoms with Gasteiger partial charge in [0, 0.05) is 17.4 Å². The number of hydrogen-bond acceptors (Lipinski definition) is 5. The molecule has 1 rings (SSSR count). The Kier molecular flexibility index (Phi) is 4.77. The molecule has 0 saturated carbocycles. The summed E-state index contributed by atoms with van der Waals surface area (Å²) in [5.41, 5.74) is 1.74. The zero-order valence-corrected chi connectivity index (χ0v) is 10.5. The smallest absolute Gasteiger partial charge is 0.168 e. The average molecular weight is 288 g/mol. The number of aldehydes is 1. The van der Waals surface area contributed by atoms with Crippen molar-refractivity contribution in [2.75, 3.05) is 17.4 Å². The topological polar surface area (TPSA) is 65.8 Å². The van der Waals surface area contributed by atoms with Gasteiger partial charge in [-0.15, -0.1) is 11.8 Å². The summed E-state index contributed by atoms with van der Waals surface area (Å²) in [6.45, 7) is 0. The summed E-state index contributed by atoms with van der Waals surface area (Å²) in [5.74, 6) is 0.718. The summed E-state index contributed by atoms with van der Waals surface area (Å²) >= 11 is 4.70. The molecule has 80 valence electrons. The summed E-state index contributed by atoms with van der Waals surface area (Å²) in [6, 6.07) is 1.63. The Bertz CT molecular complexity index is 384. The van der Waals surface area contributed by atoms with E-state index in [0.29, 0.717) is 17.5 Å². The van der Waals surface area contributed by atoms with Crippen molar-refractivity contribution in [2.45, 2.75) is 0 Å². The third kappa shape index (κ3) is 3.32. The number of thioether (sulfide) groups is 1. The van der Waals surface area contributed by atoms with E-state index in [9.17, 15) is 4.79 Å². The second-order valence-electron chi connectivity index (χ2n) is 2.70. The summed E-state index contributed by atoms with van der Waals surface area (Å²) in [4.78, 5) is 14.5. The molecule has 4 nitrogen and oxygen atoms in total. The molecule has 1 aromatic rings. The van der Waals surface area contributed by atoms with Crippen LogP contribution in [-0.2, 0) is 0 Å². The maximum atomic E-state index is 10.6. The standard InChI is InChI=1S/C9H10BrN3OS/c1-15-5-13-8-2-6(4-14)12-3-7(8)9(10)11/h2-4,11H,5H2,1H3,(H,12,13). The van der Waals surface area contributed by atoms with Gasteiger partial charge in [-0.1, -0.05) is 0 Å². The third-order valence-corrected chi connectivity index (χ3v) is 2.55. The van der Waals surface area contributed by atoms with Crippen molar-refractivity contribution in [3.63, 3.8) is 0 Å². The fourth-order valence-corrected chi connectivity index (χ4v) is 1.62. The van der Waals surface area contributed by atoms with Crippen molar-refractivity contribution < 1.29 is 4.79 Å². The summed E-state index contributed by atoms with van der Waals surface area (Å²) in [7, 11) is 0. The van der Waals surface area contributed by atoms with Crippen LogP contribution < -0.4 is 5.32 Å². The largest absolute Gasteiger partial charge is 0.375 e. The van der Waals surface area contributed by atoms with E-state index in [1.54, 1.807) is 17.8 Å². The van der Waals surface area contributed by atoms with E-state index < -0.39 is 0 Å². The van der Waals surface area contributed by atoms with Crippen LogP contribution in [-0.4, -0.2) is 28.0 Å². The molecule has 1 aromatic heterocycles. The van der Waals surface area contributed by atoms with Crippen molar-refractivity contribution in [3.8, 4) is 0 Å². The zero-order valence-electron chi connectivity index (χ0n) is 8.08. The van der Waals surface area contributed by atoms with Crippen LogP contribution in [0.4, 0.5) is 5.69 Å². The van der Waals surface area contributed by atoms with Crippen LogP contribution in [0.25, 0.3) is 0 Å². The molecule has 0 spiro atoms. The molecule has 0 radical (unpaired) electrons. The molecule has 0 amide bonds. The van der Waals surface area contributed by atoms with E-state index in [2.05, 4.69) is 26.2 Å². The number of pyridine rings is 1. The van der Waals surface area contributed by atoms with Crippen LogP contribution in [0.2, 0.25) is 0 Å². The number of carbonyl (C=O) groups excluding carboxylic acids is 1. The van der Waals surface area contributed by atoms with Gasteiger partial charge < -0.3 is 5.32 Å². The van der Waals surface area contributed by atoms with E-state index >= 15 is 0 Å². The van der Waals surface area contributed by atoms with Gasteiger partial charge in [0.2, 0.25) is 0 Å². The van der Waals surface area contributed by atoms with Crippen molar-refractivity contribution in [1.29, 1.82) is 5.41 Å². The van der Waals surface area contributed by atoms with Crippen molar-refractivity contribution in [3.05, 3.63) is 23.5 Å². The monoisotopic (exact) mass is 287 g/mol. The number of hydrogen-bond donors (Lipinski definition) is 2. The van der Waals surface area contributed by atoms with E-state index in [4.69, 9.17) is 5.41 Å². The molecule has 0 bridgehead atoms. The average Bonchev–Trinajstić information content (AvgIpc) is 2.25. The molecule has 0 aliphatic carbocycles. The van der Waals surface area contributed by atoms with Gasteiger partial charge in [0.05, 0.1) is 5.88 Å². The quantitative estimate of drug-likeness (QED) is 0.496. The van der Waals surface area contributed by atoms with Gasteiger partial charge in [-0.25, -0.2) is 0 Å². The highest BCUT2D eigenvalue weighted by atomic mass is 79.9. The fourth-order valence-electron chi connectivity index (χ4n) is 1.01. The van der Waals surface area contributed by atoms with Gasteiger partial charge >= 0.3 is 0 Å². The molecule has 0 saturated heterocycles. The van der Waals surface area contributed by atoms with Gasteiger partial charge in [0.1, 0.15) is 10.3 Å². The second-order valence-corrected chi connectivity index (χ2v) is 4.36. The maximum absolute atomic E-state index is 10.6. The van der Waals surface area contributed by atoms with Crippen molar-refractivity contribution in [2.24, 2.45) is 0 Å². The lowest BCUT2D eigenvalue weighted by Crippen LogP contribution is -2.05. The van der Waals surface area contributed by atoms with Crippen molar-refractivity contribution in [1.82, 2.24) is 4.98 Å². The van der Waals surface area contributed by atoms with Crippen LogP contribution in [0.1, 0.15) is 16.1 Å². The van der Waals surface area contributed by atoms with Gasteiger partial charge in [-0.05, 0) is 28.3 Å². The molecule has 6 heteroatoms. The van der Waals surface area contributed by atoms with E-state index in [1.807, 2.05) is 6.26 Å². The molecular weight excluding hydrogens is 278 g/mol. The first-order valence-corrected chi connectivity index (χ1v) is 6.30. The zero-order chi connectivity index (χ0) is 11.3. The number of rotatable bonds is 5. The lowest BCUT2D eigenvalue weighted by molar-refractivity contribution is 0.111. The maximum Gasteiger partial charge on any atom is 0.168 e. The normalized spacial score (nSPS) is 9.73. The van der Waals surface area contributed by atoms with Gasteiger partial charge in [0.15, 0.2) is 6.29 Å². The Morgan fingerprint density at radius 3 is 3.07 bits per heavy atom. The fraction of sp³-hybridized carbons (Fsp3) is 0.222. The Morgan fingerprint density at radius 1 is 1.80 bits per heavy atom. The molecule has 0 atom stereocenters. The number of nitrogens with one attached hydrogen (secondary N) is 2. The van der Waals surface area contributed by atoms with Crippen LogP contribution >= 0.6 is 27.7 Å². The highest BCUT2D eigenvalue weighted by molar-refractivity contribution is 9.18.